The van der Waals surface area contributed by atoms with Gasteiger partial charge in [-0.15, -0.1) is 11.3 Å². The molecule has 0 spiro atoms. The van der Waals surface area contributed by atoms with E-state index in [9.17, 15) is 10.2 Å². The molecule has 1 aliphatic rings. The lowest BCUT2D eigenvalue weighted by Gasteiger charge is -2.14. The predicted octanol–water partition coefficient (Wildman–Crippen LogP) is 1.89. The fraction of sp³-hybridized carbons (Fsp3) is 0.529. The second kappa shape index (κ2) is 7.53. The van der Waals surface area contributed by atoms with E-state index in [4.69, 9.17) is 4.74 Å². The molecule has 0 amide bonds. The van der Waals surface area contributed by atoms with E-state index in [2.05, 4.69) is 34.5 Å². The Balaban J connectivity index is 1.30. The minimum atomic E-state index is -0.590. The molecule has 1 aromatic heterocycles. The minimum Gasteiger partial charge on any atom is -0.389 e. The fourth-order valence-electron chi connectivity index (χ4n) is 2.88. The third-order valence-corrected chi connectivity index (χ3v) is 5.05. The molecular formula is C17H23NO3S. The van der Waals surface area contributed by atoms with E-state index in [1.807, 2.05) is 0 Å². The highest BCUT2D eigenvalue weighted by molar-refractivity contribution is 7.17. The zero-order valence-electron chi connectivity index (χ0n) is 12.6. The summed E-state index contributed by atoms with van der Waals surface area (Å²) in [6.07, 6.45) is 0.691. The summed E-state index contributed by atoms with van der Waals surface area (Å²) in [4.78, 5) is 2.09. The molecule has 5 heteroatoms. The van der Waals surface area contributed by atoms with Gasteiger partial charge in [0.1, 0.15) is 0 Å². The predicted molar refractivity (Wildman–Crippen MR) is 89.4 cm³/mol. The molecule has 1 saturated heterocycles. The Hall–Kier alpha value is -0.980. The van der Waals surface area contributed by atoms with Gasteiger partial charge in [0, 0.05) is 30.9 Å². The van der Waals surface area contributed by atoms with Crippen molar-refractivity contribution in [3.63, 3.8) is 0 Å². The van der Waals surface area contributed by atoms with Gasteiger partial charge in [-0.2, -0.15) is 0 Å². The third kappa shape index (κ3) is 4.06. The number of hydrogen-bond acceptors (Lipinski definition) is 5. The first-order valence-corrected chi connectivity index (χ1v) is 8.73. The standard InChI is InChI=1S/C17H23NO3S/c19-15-11-18(12-16(15)20)6-1-7-21-8-4-13-2-3-17-14(10-13)5-9-22-17/h2-3,5,9-10,15-16,19-20H,1,4,6-8,11-12H2/t15-,16+. The second-order valence-electron chi connectivity index (χ2n) is 5.90. The van der Waals surface area contributed by atoms with Crippen molar-refractivity contribution in [2.75, 3.05) is 32.8 Å². The first-order valence-electron chi connectivity index (χ1n) is 7.85. The number of benzene rings is 1. The average Bonchev–Trinajstić information content (AvgIpc) is 3.09. The van der Waals surface area contributed by atoms with Crippen LogP contribution in [0.15, 0.2) is 29.6 Å². The number of fused-ring (bicyclic) bond motifs is 1. The van der Waals surface area contributed by atoms with Gasteiger partial charge in [0.15, 0.2) is 0 Å². The molecule has 1 aliphatic heterocycles. The molecule has 1 fully saturated rings. The summed E-state index contributed by atoms with van der Waals surface area (Å²) in [5, 5.41) is 22.4. The number of ether oxygens (including phenoxy) is 1. The van der Waals surface area contributed by atoms with Gasteiger partial charge in [0.05, 0.1) is 18.8 Å². The molecule has 4 nitrogen and oxygen atoms in total. The number of hydrogen-bond donors (Lipinski definition) is 2. The van der Waals surface area contributed by atoms with Crippen LogP contribution in [0.25, 0.3) is 10.1 Å². The van der Waals surface area contributed by atoms with Crippen LogP contribution >= 0.6 is 11.3 Å². The van der Waals surface area contributed by atoms with Gasteiger partial charge in [-0.1, -0.05) is 12.1 Å². The fourth-order valence-corrected chi connectivity index (χ4v) is 3.65. The Bertz CT molecular complexity index is 590. The first-order chi connectivity index (χ1) is 10.7. The van der Waals surface area contributed by atoms with Gasteiger partial charge in [-0.05, 0) is 41.3 Å². The summed E-state index contributed by atoms with van der Waals surface area (Å²) in [5.41, 5.74) is 1.32. The van der Waals surface area contributed by atoms with Gasteiger partial charge in [0.2, 0.25) is 0 Å². The lowest BCUT2D eigenvalue weighted by Crippen LogP contribution is -2.24. The summed E-state index contributed by atoms with van der Waals surface area (Å²) < 4.78 is 7.03. The number of aliphatic hydroxyl groups excluding tert-OH is 2. The number of β-amino-alcohol motifs (C(OH)–C–C–N with tert-alkyl or cyclic N) is 2. The highest BCUT2D eigenvalue weighted by Gasteiger charge is 2.28. The van der Waals surface area contributed by atoms with Crippen molar-refractivity contribution in [2.45, 2.75) is 25.0 Å². The van der Waals surface area contributed by atoms with Crippen LogP contribution in [0.2, 0.25) is 0 Å². The number of nitrogens with zero attached hydrogens (tertiary/aromatic N) is 1. The molecule has 0 saturated carbocycles. The Morgan fingerprint density at radius 1 is 1.14 bits per heavy atom. The molecule has 2 heterocycles. The monoisotopic (exact) mass is 321 g/mol. The van der Waals surface area contributed by atoms with Gasteiger partial charge in [-0.3, -0.25) is 4.90 Å². The van der Waals surface area contributed by atoms with Gasteiger partial charge < -0.3 is 14.9 Å². The minimum absolute atomic E-state index is 0.571. The lowest BCUT2D eigenvalue weighted by molar-refractivity contribution is 0.0572. The van der Waals surface area contributed by atoms with Gasteiger partial charge >= 0.3 is 0 Å². The number of thiophene rings is 1. The lowest BCUT2D eigenvalue weighted by atomic mass is 10.1. The molecule has 0 bridgehead atoms. The Morgan fingerprint density at radius 3 is 2.77 bits per heavy atom. The van der Waals surface area contributed by atoms with Crippen molar-refractivity contribution in [2.24, 2.45) is 0 Å². The topological polar surface area (TPSA) is 52.9 Å². The molecule has 3 rings (SSSR count). The second-order valence-corrected chi connectivity index (χ2v) is 6.85. The molecule has 2 N–H and O–H groups in total. The summed E-state index contributed by atoms with van der Waals surface area (Å²) in [6, 6.07) is 8.75. The van der Waals surface area contributed by atoms with E-state index < -0.39 is 12.2 Å². The Kier molecular flexibility index (Phi) is 5.44. The van der Waals surface area contributed by atoms with Crippen LogP contribution in [-0.2, 0) is 11.2 Å². The van der Waals surface area contributed by atoms with Crippen molar-refractivity contribution < 1.29 is 14.9 Å². The average molecular weight is 321 g/mol. The molecule has 1 aromatic carbocycles. The number of aliphatic hydroxyl groups is 2. The van der Waals surface area contributed by atoms with Crippen molar-refractivity contribution in [3.05, 3.63) is 35.2 Å². The highest BCUT2D eigenvalue weighted by atomic mass is 32.1. The van der Waals surface area contributed by atoms with Crippen molar-refractivity contribution in [1.82, 2.24) is 4.90 Å². The molecule has 0 radical (unpaired) electrons. The quantitative estimate of drug-likeness (QED) is 0.765. The number of rotatable bonds is 7. The van der Waals surface area contributed by atoms with Gasteiger partial charge in [-0.25, -0.2) is 0 Å². The Labute approximate surface area is 134 Å². The van der Waals surface area contributed by atoms with Crippen LogP contribution in [-0.4, -0.2) is 60.2 Å². The molecule has 120 valence electrons. The summed E-state index contributed by atoms with van der Waals surface area (Å²) >= 11 is 1.77. The molecular weight excluding hydrogens is 298 g/mol. The van der Waals surface area contributed by atoms with E-state index in [1.165, 1.54) is 15.6 Å². The molecule has 0 unspecified atom stereocenters. The zero-order chi connectivity index (χ0) is 15.4. The highest BCUT2D eigenvalue weighted by Crippen LogP contribution is 2.21. The maximum Gasteiger partial charge on any atom is 0.0938 e. The van der Waals surface area contributed by atoms with Crippen LogP contribution in [0.4, 0.5) is 0 Å². The number of likely N-dealkylation sites (tertiary alicyclic amines) is 1. The van der Waals surface area contributed by atoms with E-state index in [0.29, 0.717) is 13.1 Å². The van der Waals surface area contributed by atoms with Crippen LogP contribution in [0.5, 0.6) is 0 Å². The van der Waals surface area contributed by atoms with E-state index in [1.54, 1.807) is 11.3 Å². The van der Waals surface area contributed by atoms with Crippen LogP contribution in [0.1, 0.15) is 12.0 Å². The first kappa shape index (κ1) is 15.9. The SMILES string of the molecule is O[C@@H]1CN(CCCOCCc2ccc3sccc3c2)C[C@@H]1O. The summed E-state index contributed by atoms with van der Waals surface area (Å²) in [5.74, 6) is 0. The van der Waals surface area contributed by atoms with Crippen LogP contribution in [0.3, 0.4) is 0 Å². The maximum absolute atomic E-state index is 9.47. The normalized spacial score (nSPS) is 22.6. The summed E-state index contributed by atoms with van der Waals surface area (Å²) in [6.45, 7) is 3.48. The smallest absolute Gasteiger partial charge is 0.0938 e. The van der Waals surface area contributed by atoms with Crippen molar-refractivity contribution >= 4 is 21.4 Å². The van der Waals surface area contributed by atoms with E-state index in [0.717, 1.165) is 32.6 Å². The Morgan fingerprint density at radius 2 is 1.95 bits per heavy atom. The van der Waals surface area contributed by atoms with E-state index in [-0.39, 0.29) is 0 Å². The molecule has 0 aliphatic carbocycles. The largest absolute Gasteiger partial charge is 0.389 e. The zero-order valence-corrected chi connectivity index (χ0v) is 13.5. The van der Waals surface area contributed by atoms with Crippen molar-refractivity contribution in [1.29, 1.82) is 0 Å². The third-order valence-electron chi connectivity index (χ3n) is 4.15. The van der Waals surface area contributed by atoms with Crippen molar-refractivity contribution in [3.8, 4) is 0 Å². The summed E-state index contributed by atoms with van der Waals surface area (Å²) in [7, 11) is 0. The van der Waals surface area contributed by atoms with Crippen LogP contribution < -0.4 is 0 Å². The maximum atomic E-state index is 9.47. The molecule has 22 heavy (non-hydrogen) atoms. The van der Waals surface area contributed by atoms with E-state index >= 15 is 0 Å². The van der Waals surface area contributed by atoms with Crippen LogP contribution in [0, 0.1) is 0 Å². The molecule has 2 atom stereocenters. The van der Waals surface area contributed by atoms with Gasteiger partial charge in [0.25, 0.3) is 0 Å². The molecule has 2 aromatic rings.